The van der Waals surface area contributed by atoms with Crippen molar-refractivity contribution in [2.24, 2.45) is 7.05 Å². The number of benzene rings is 1. The zero-order chi connectivity index (χ0) is 14.1. The number of aryl methyl sites for hydroxylation is 1. The van der Waals surface area contributed by atoms with Crippen molar-refractivity contribution in [2.75, 3.05) is 5.73 Å². The molecule has 3 aromatic rings. The molecule has 2 heterocycles. The number of hydrogen-bond donors (Lipinski definition) is 1. The Kier molecular flexibility index (Phi) is 3.02. The normalized spacial score (nSPS) is 10.9. The summed E-state index contributed by atoms with van der Waals surface area (Å²) in [5.41, 5.74) is 9.05. The van der Waals surface area contributed by atoms with Crippen LogP contribution in [0, 0.1) is 0 Å². The van der Waals surface area contributed by atoms with Crippen molar-refractivity contribution >= 4 is 5.82 Å². The molecule has 0 saturated carbocycles. The molecule has 0 fully saturated rings. The molecule has 3 rings (SSSR count). The summed E-state index contributed by atoms with van der Waals surface area (Å²) in [4.78, 5) is 4.72. The van der Waals surface area contributed by atoms with Gasteiger partial charge in [0.05, 0.1) is 6.20 Å². The molecule has 102 valence electrons. The van der Waals surface area contributed by atoms with Gasteiger partial charge in [0.1, 0.15) is 17.3 Å². The second-order valence-electron chi connectivity index (χ2n) is 4.68. The first-order chi connectivity index (χ1) is 9.70. The van der Waals surface area contributed by atoms with E-state index in [4.69, 9.17) is 10.7 Å². The number of nitrogen functional groups attached to an aromatic ring is 1. The minimum atomic E-state index is 0.680. The smallest absolute Gasteiger partial charge is 0.142 e. The molecular weight excluding hydrogens is 250 g/mol. The molecule has 5 nitrogen and oxygen atoms in total. The lowest BCUT2D eigenvalue weighted by Crippen LogP contribution is -2.02. The fourth-order valence-electron chi connectivity index (χ4n) is 2.35. The summed E-state index contributed by atoms with van der Waals surface area (Å²) >= 11 is 0. The summed E-state index contributed by atoms with van der Waals surface area (Å²) in [6, 6.07) is 10.1. The maximum atomic E-state index is 6.26. The molecule has 2 N–H and O–H groups in total. The Hall–Kier alpha value is -2.56. The topological polar surface area (TPSA) is 61.7 Å². The first kappa shape index (κ1) is 12.5. The Morgan fingerprint density at radius 3 is 2.50 bits per heavy atom. The van der Waals surface area contributed by atoms with Crippen molar-refractivity contribution in [2.45, 2.75) is 13.5 Å². The van der Waals surface area contributed by atoms with Gasteiger partial charge in [-0.1, -0.05) is 30.3 Å². The number of aromatic nitrogens is 4. The van der Waals surface area contributed by atoms with E-state index in [1.165, 1.54) is 0 Å². The van der Waals surface area contributed by atoms with Gasteiger partial charge in [-0.15, -0.1) is 0 Å². The number of rotatable bonds is 3. The van der Waals surface area contributed by atoms with E-state index in [9.17, 15) is 0 Å². The van der Waals surface area contributed by atoms with Crippen LogP contribution in [0.15, 0.2) is 42.7 Å². The second kappa shape index (κ2) is 4.85. The van der Waals surface area contributed by atoms with Crippen LogP contribution in [0.5, 0.6) is 0 Å². The average Bonchev–Trinajstić information content (AvgIpc) is 3.03. The fraction of sp³-hybridized carbons (Fsp3) is 0.200. The van der Waals surface area contributed by atoms with Crippen LogP contribution in [0.3, 0.4) is 0 Å². The Bertz CT molecular complexity index is 724. The largest absolute Gasteiger partial charge is 0.383 e. The molecule has 20 heavy (non-hydrogen) atoms. The lowest BCUT2D eigenvalue weighted by atomic mass is 10.2. The highest BCUT2D eigenvalue weighted by Gasteiger charge is 2.17. The number of imidazole rings is 1. The van der Waals surface area contributed by atoms with Crippen molar-refractivity contribution in [3.8, 4) is 22.6 Å². The van der Waals surface area contributed by atoms with E-state index in [1.807, 2.05) is 48.1 Å². The third-order valence-corrected chi connectivity index (χ3v) is 3.33. The van der Waals surface area contributed by atoms with Gasteiger partial charge < -0.3 is 10.3 Å². The van der Waals surface area contributed by atoms with Gasteiger partial charge in [0.2, 0.25) is 0 Å². The maximum Gasteiger partial charge on any atom is 0.142 e. The molecule has 0 saturated heterocycles. The summed E-state index contributed by atoms with van der Waals surface area (Å²) in [5, 5.41) is 4.18. The number of nitrogens with zero attached hydrogens (tertiary/aromatic N) is 4. The molecule has 0 radical (unpaired) electrons. The molecule has 1 aromatic carbocycles. The van der Waals surface area contributed by atoms with E-state index in [0.29, 0.717) is 5.82 Å². The van der Waals surface area contributed by atoms with Crippen molar-refractivity contribution in [3.63, 3.8) is 0 Å². The highest BCUT2D eigenvalue weighted by atomic mass is 15.2. The summed E-state index contributed by atoms with van der Waals surface area (Å²) in [7, 11) is 1.88. The lowest BCUT2D eigenvalue weighted by molar-refractivity contribution is 0.768. The fourth-order valence-corrected chi connectivity index (χ4v) is 2.35. The summed E-state index contributed by atoms with van der Waals surface area (Å²) in [5.74, 6) is 1.57. The van der Waals surface area contributed by atoms with Crippen molar-refractivity contribution < 1.29 is 0 Å². The van der Waals surface area contributed by atoms with Gasteiger partial charge in [-0.2, -0.15) is 5.10 Å². The zero-order valence-corrected chi connectivity index (χ0v) is 11.6. The third kappa shape index (κ3) is 1.97. The standard InChI is InChI=1S/C15H17N5/c1-3-20-14(16)13(12-9-17-19(2)10-12)18-15(20)11-7-5-4-6-8-11/h4-10H,3,16H2,1-2H3. The number of anilines is 1. The molecule has 0 spiro atoms. The Labute approximate surface area is 117 Å². The SMILES string of the molecule is CCn1c(-c2ccccc2)nc(-c2cnn(C)c2)c1N. The van der Waals surface area contributed by atoms with Crippen LogP contribution in [-0.2, 0) is 13.6 Å². The van der Waals surface area contributed by atoms with Gasteiger partial charge >= 0.3 is 0 Å². The molecule has 0 atom stereocenters. The predicted octanol–water partition coefficient (Wildman–Crippen LogP) is 2.55. The molecule has 0 bridgehead atoms. The number of nitrogens with two attached hydrogens (primary N) is 1. The first-order valence-corrected chi connectivity index (χ1v) is 6.61. The molecule has 2 aromatic heterocycles. The van der Waals surface area contributed by atoms with Gasteiger partial charge in [0.25, 0.3) is 0 Å². The monoisotopic (exact) mass is 267 g/mol. The van der Waals surface area contributed by atoms with E-state index in [1.54, 1.807) is 10.9 Å². The van der Waals surface area contributed by atoms with Gasteiger partial charge in [-0.3, -0.25) is 4.68 Å². The van der Waals surface area contributed by atoms with E-state index >= 15 is 0 Å². The third-order valence-electron chi connectivity index (χ3n) is 3.33. The molecule has 0 aliphatic carbocycles. The van der Waals surface area contributed by atoms with Crippen LogP contribution in [-0.4, -0.2) is 19.3 Å². The van der Waals surface area contributed by atoms with Crippen LogP contribution < -0.4 is 5.73 Å². The predicted molar refractivity (Wildman–Crippen MR) is 80.0 cm³/mol. The van der Waals surface area contributed by atoms with Crippen molar-refractivity contribution in [3.05, 3.63) is 42.7 Å². The van der Waals surface area contributed by atoms with Gasteiger partial charge in [0.15, 0.2) is 0 Å². The molecule has 0 aliphatic rings. The maximum absolute atomic E-state index is 6.26. The molecule has 0 aliphatic heterocycles. The first-order valence-electron chi connectivity index (χ1n) is 6.61. The van der Waals surface area contributed by atoms with E-state index < -0.39 is 0 Å². The Balaban J connectivity index is 2.17. The number of hydrogen-bond acceptors (Lipinski definition) is 3. The molecule has 0 unspecified atom stereocenters. The van der Waals surface area contributed by atoms with Crippen LogP contribution in [0.25, 0.3) is 22.6 Å². The molecule has 0 amide bonds. The molecule has 5 heteroatoms. The highest BCUT2D eigenvalue weighted by Crippen LogP contribution is 2.30. The lowest BCUT2D eigenvalue weighted by Gasteiger charge is -2.06. The minimum absolute atomic E-state index is 0.680. The van der Waals surface area contributed by atoms with Gasteiger partial charge in [-0.05, 0) is 6.92 Å². The quantitative estimate of drug-likeness (QED) is 0.793. The van der Waals surface area contributed by atoms with E-state index in [-0.39, 0.29) is 0 Å². The van der Waals surface area contributed by atoms with Crippen molar-refractivity contribution in [1.29, 1.82) is 0 Å². The zero-order valence-electron chi connectivity index (χ0n) is 11.6. The molecular formula is C15H17N5. The van der Waals surface area contributed by atoms with Crippen LogP contribution in [0.4, 0.5) is 5.82 Å². The highest BCUT2D eigenvalue weighted by molar-refractivity contribution is 5.74. The summed E-state index contributed by atoms with van der Waals surface area (Å²) in [6.07, 6.45) is 3.71. The summed E-state index contributed by atoms with van der Waals surface area (Å²) in [6.45, 7) is 2.85. The van der Waals surface area contributed by atoms with Crippen LogP contribution >= 0.6 is 0 Å². The average molecular weight is 267 g/mol. The summed E-state index contributed by atoms with van der Waals surface area (Å²) < 4.78 is 3.78. The second-order valence-corrected chi connectivity index (χ2v) is 4.68. The van der Waals surface area contributed by atoms with E-state index in [2.05, 4.69) is 12.0 Å². The Morgan fingerprint density at radius 2 is 1.90 bits per heavy atom. The van der Waals surface area contributed by atoms with Crippen LogP contribution in [0.1, 0.15) is 6.92 Å². The van der Waals surface area contributed by atoms with Gasteiger partial charge in [-0.25, -0.2) is 4.98 Å². The Morgan fingerprint density at radius 1 is 1.15 bits per heavy atom. The van der Waals surface area contributed by atoms with Gasteiger partial charge in [0, 0.05) is 30.9 Å². The van der Waals surface area contributed by atoms with E-state index in [0.717, 1.165) is 29.2 Å². The minimum Gasteiger partial charge on any atom is -0.383 e. The van der Waals surface area contributed by atoms with Crippen LogP contribution in [0.2, 0.25) is 0 Å². The van der Waals surface area contributed by atoms with Crippen molar-refractivity contribution in [1.82, 2.24) is 19.3 Å².